The molecule has 2 heterocycles. The van der Waals surface area contributed by atoms with Crippen LogP contribution in [0.4, 0.5) is 4.79 Å². The van der Waals surface area contributed by atoms with E-state index in [9.17, 15) is 9.59 Å². The fourth-order valence-electron chi connectivity index (χ4n) is 3.84. The van der Waals surface area contributed by atoms with Crippen LogP contribution in [-0.4, -0.2) is 62.3 Å². The molecule has 2 saturated heterocycles. The highest BCUT2D eigenvalue weighted by Gasteiger charge is 2.40. The predicted octanol–water partition coefficient (Wildman–Crippen LogP) is 2.28. The molecule has 2 aliphatic heterocycles. The second-order valence-corrected chi connectivity index (χ2v) is 6.77. The Labute approximate surface area is 153 Å². The average Bonchev–Trinajstić information content (AvgIpc) is 2.69. The molecule has 2 amide bonds. The molecule has 3 rings (SSSR count). The van der Waals surface area contributed by atoms with E-state index in [1.807, 2.05) is 28.0 Å². The molecule has 0 radical (unpaired) electrons. The van der Waals surface area contributed by atoms with E-state index < -0.39 is 0 Å². The van der Waals surface area contributed by atoms with Gasteiger partial charge in [-0.1, -0.05) is 0 Å². The summed E-state index contributed by atoms with van der Waals surface area (Å²) in [5.41, 5.74) is 0.932. The molecule has 0 unspecified atom stereocenters. The number of nitrogens with zero attached hydrogens (tertiary/aromatic N) is 2. The number of ether oxygens (including phenoxy) is 3. The number of carbonyl (C=O) groups excluding carboxylic acids is 2. The van der Waals surface area contributed by atoms with Crippen molar-refractivity contribution < 1.29 is 23.8 Å². The molecule has 2 fully saturated rings. The molecule has 0 N–H and O–H groups in total. The SMILES string of the molecule is COC(=O)[C@H]1CC[C@H]2CCN(Cc3ccc(OC)cc3OC)C(=O)N2C1. The number of hydrogen-bond acceptors (Lipinski definition) is 5. The van der Waals surface area contributed by atoms with Gasteiger partial charge < -0.3 is 24.0 Å². The summed E-state index contributed by atoms with van der Waals surface area (Å²) >= 11 is 0. The number of rotatable bonds is 5. The summed E-state index contributed by atoms with van der Waals surface area (Å²) in [5.74, 6) is 0.957. The Balaban J connectivity index is 1.72. The Morgan fingerprint density at radius 2 is 1.96 bits per heavy atom. The molecular formula is C19H26N2O5. The van der Waals surface area contributed by atoms with E-state index in [1.54, 1.807) is 14.2 Å². The Bertz CT molecular complexity index is 678. The highest BCUT2D eigenvalue weighted by atomic mass is 16.5. The normalized spacial score (nSPS) is 22.7. The maximum absolute atomic E-state index is 13.0. The number of fused-ring (bicyclic) bond motifs is 1. The van der Waals surface area contributed by atoms with Gasteiger partial charge in [0.25, 0.3) is 0 Å². The minimum Gasteiger partial charge on any atom is -0.497 e. The van der Waals surface area contributed by atoms with Crippen molar-refractivity contribution in [1.82, 2.24) is 9.80 Å². The highest BCUT2D eigenvalue weighted by molar-refractivity contribution is 5.78. The Morgan fingerprint density at radius 3 is 2.65 bits per heavy atom. The van der Waals surface area contributed by atoms with E-state index in [0.29, 0.717) is 31.1 Å². The fraction of sp³-hybridized carbons (Fsp3) is 0.579. The maximum Gasteiger partial charge on any atom is 0.320 e. The van der Waals surface area contributed by atoms with Crippen molar-refractivity contribution in [2.45, 2.75) is 31.8 Å². The van der Waals surface area contributed by atoms with Gasteiger partial charge >= 0.3 is 12.0 Å². The standard InChI is InChI=1S/C19H26N2O5/c1-24-16-7-5-13(17(10-16)25-2)11-20-9-8-15-6-4-14(18(22)26-3)12-21(15)19(20)23/h5,7,10,14-15H,4,6,8-9,11-12H2,1-3H3/t14-,15-/m0/s1. The van der Waals surface area contributed by atoms with Crippen molar-refractivity contribution in [3.05, 3.63) is 23.8 Å². The van der Waals surface area contributed by atoms with Crippen LogP contribution in [0.5, 0.6) is 11.5 Å². The summed E-state index contributed by atoms with van der Waals surface area (Å²) in [6.07, 6.45) is 2.55. The van der Waals surface area contributed by atoms with Gasteiger partial charge in [-0.15, -0.1) is 0 Å². The number of hydrogen-bond donors (Lipinski definition) is 0. The molecule has 142 valence electrons. The van der Waals surface area contributed by atoms with E-state index in [1.165, 1.54) is 7.11 Å². The molecular weight excluding hydrogens is 336 g/mol. The molecule has 2 aliphatic rings. The molecule has 1 aromatic carbocycles. The van der Waals surface area contributed by atoms with Crippen molar-refractivity contribution >= 4 is 12.0 Å². The van der Waals surface area contributed by atoms with Gasteiger partial charge in [0.1, 0.15) is 11.5 Å². The number of amides is 2. The van der Waals surface area contributed by atoms with Gasteiger partial charge in [-0.25, -0.2) is 4.79 Å². The van der Waals surface area contributed by atoms with Gasteiger partial charge in [-0.2, -0.15) is 0 Å². The maximum atomic E-state index is 13.0. The molecule has 2 atom stereocenters. The summed E-state index contributed by atoms with van der Waals surface area (Å²) in [5, 5.41) is 0. The predicted molar refractivity (Wildman–Crippen MR) is 95.2 cm³/mol. The Kier molecular flexibility index (Phi) is 5.54. The van der Waals surface area contributed by atoms with Crippen LogP contribution in [0.25, 0.3) is 0 Å². The van der Waals surface area contributed by atoms with E-state index in [-0.39, 0.29) is 24.0 Å². The number of methoxy groups -OCH3 is 3. The van der Waals surface area contributed by atoms with Crippen LogP contribution in [0, 0.1) is 5.92 Å². The first-order chi connectivity index (χ1) is 12.6. The molecule has 1 aromatic rings. The Hall–Kier alpha value is -2.44. The van der Waals surface area contributed by atoms with E-state index in [0.717, 1.165) is 24.8 Å². The summed E-state index contributed by atoms with van der Waals surface area (Å²) in [4.78, 5) is 28.5. The summed E-state index contributed by atoms with van der Waals surface area (Å²) in [7, 11) is 4.61. The molecule has 0 bridgehead atoms. The number of esters is 1. The highest BCUT2D eigenvalue weighted by Crippen LogP contribution is 2.31. The lowest BCUT2D eigenvalue weighted by atomic mass is 9.90. The third-order valence-corrected chi connectivity index (χ3v) is 5.34. The first-order valence-electron chi connectivity index (χ1n) is 8.91. The molecule has 7 nitrogen and oxygen atoms in total. The first kappa shape index (κ1) is 18.4. The summed E-state index contributed by atoms with van der Waals surface area (Å²) in [6, 6.07) is 5.80. The minimum atomic E-state index is -0.231. The van der Waals surface area contributed by atoms with Crippen LogP contribution in [0.2, 0.25) is 0 Å². The van der Waals surface area contributed by atoms with Crippen molar-refractivity contribution in [1.29, 1.82) is 0 Å². The van der Waals surface area contributed by atoms with Crippen LogP contribution in [0.15, 0.2) is 18.2 Å². The molecule has 0 aromatic heterocycles. The third-order valence-electron chi connectivity index (χ3n) is 5.34. The number of carbonyl (C=O) groups is 2. The summed E-state index contributed by atoms with van der Waals surface area (Å²) in [6.45, 7) is 1.61. The average molecular weight is 362 g/mol. The topological polar surface area (TPSA) is 68.3 Å². The van der Waals surface area contributed by atoms with Crippen molar-refractivity contribution in [2.75, 3.05) is 34.4 Å². The lowest BCUT2D eigenvalue weighted by molar-refractivity contribution is -0.147. The van der Waals surface area contributed by atoms with Gasteiger partial charge in [0.05, 0.1) is 33.8 Å². The van der Waals surface area contributed by atoms with Crippen molar-refractivity contribution in [3.63, 3.8) is 0 Å². The smallest absolute Gasteiger partial charge is 0.320 e. The number of piperidine rings is 1. The minimum absolute atomic E-state index is 0.0206. The van der Waals surface area contributed by atoms with Crippen LogP contribution in [0.3, 0.4) is 0 Å². The second kappa shape index (κ2) is 7.85. The van der Waals surface area contributed by atoms with Gasteiger partial charge in [0.15, 0.2) is 0 Å². The molecule has 7 heteroatoms. The zero-order valence-corrected chi connectivity index (χ0v) is 15.6. The fourth-order valence-corrected chi connectivity index (χ4v) is 3.84. The first-order valence-corrected chi connectivity index (χ1v) is 8.91. The van der Waals surface area contributed by atoms with E-state index in [4.69, 9.17) is 14.2 Å². The zero-order chi connectivity index (χ0) is 18.7. The monoisotopic (exact) mass is 362 g/mol. The Morgan fingerprint density at radius 1 is 1.15 bits per heavy atom. The number of benzene rings is 1. The third kappa shape index (κ3) is 3.57. The lowest BCUT2D eigenvalue weighted by Crippen LogP contribution is -2.58. The van der Waals surface area contributed by atoms with Gasteiger partial charge in [0, 0.05) is 30.8 Å². The van der Waals surface area contributed by atoms with Crippen LogP contribution < -0.4 is 9.47 Å². The van der Waals surface area contributed by atoms with E-state index >= 15 is 0 Å². The van der Waals surface area contributed by atoms with Gasteiger partial charge in [-0.05, 0) is 31.4 Å². The van der Waals surface area contributed by atoms with Crippen molar-refractivity contribution in [3.8, 4) is 11.5 Å². The van der Waals surface area contributed by atoms with Crippen LogP contribution in [-0.2, 0) is 16.1 Å². The van der Waals surface area contributed by atoms with Gasteiger partial charge in [0.2, 0.25) is 0 Å². The molecule has 0 aliphatic carbocycles. The molecule has 0 saturated carbocycles. The largest absolute Gasteiger partial charge is 0.497 e. The zero-order valence-electron chi connectivity index (χ0n) is 15.6. The van der Waals surface area contributed by atoms with E-state index in [2.05, 4.69) is 0 Å². The quantitative estimate of drug-likeness (QED) is 0.752. The molecule has 26 heavy (non-hydrogen) atoms. The molecule has 0 spiro atoms. The van der Waals surface area contributed by atoms with Crippen LogP contribution in [0.1, 0.15) is 24.8 Å². The van der Waals surface area contributed by atoms with Crippen molar-refractivity contribution in [2.24, 2.45) is 5.92 Å². The lowest BCUT2D eigenvalue weighted by Gasteiger charge is -2.45. The van der Waals surface area contributed by atoms with Gasteiger partial charge in [-0.3, -0.25) is 4.79 Å². The summed E-state index contributed by atoms with van der Waals surface area (Å²) < 4.78 is 15.5. The second-order valence-electron chi connectivity index (χ2n) is 6.77. The van der Waals surface area contributed by atoms with Crippen LogP contribution >= 0.6 is 0 Å². The number of urea groups is 1.